The van der Waals surface area contributed by atoms with E-state index < -0.39 is 30.3 Å². The average Bonchev–Trinajstić information content (AvgIpc) is 2.90. The minimum atomic E-state index is -1.19. The monoisotopic (exact) mass is 372 g/mol. The molecule has 2 N–H and O–H groups in total. The molecule has 2 rings (SSSR count). The van der Waals surface area contributed by atoms with Crippen LogP contribution >= 0.6 is 0 Å². The summed E-state index contributed by atoms with van der Waals surface area (Å²) >= 11 is 0. The summed E-state index contributed by atoms with van der Waals surface area (Å²) in [5.74, 6) is -2.92. The molecule has 1 aromatic carbocycles. The van der Waals surface area contributed by atoms with Crippen molar-refractivity contribution >= 4 is 23.7 Å². The van der Waals surface area contributed by atoms with Gasteiger partial charge < -0.3 is 10.1 Å². The van der Waals surface area contributed by atoms with Gasteiger partial charge in [-0.3, -0.25) is 19.6 Å². The van der Waals surface area contributed by atoms with Crippen molar-refractivity contribution in [3.8, 4) is 0 Å². The van der Waals surface area contributed by atoms with Crippen LogP contribution in [0, 0.1) is 13.8 Å². The largest absolute Gasteiger partial charge is 0.450 e. The Kier molecular flexibility index (Phi) is 6.42. The highest BCUT2D eigenvalue weighted by molar-refractivity contribution is 6.41. The lowest BCUT2D eigenvalue weighted by atomic mass is 10.1. The van der Waals surface area contributed by atoms with Crippen LogP contribution < -0.4 is 10.6 Å². The van der Waals surface area contributed by atoms with Crippen molar-refractivity contribution in [2.24, 2.45) is 7.05 Å². The molecule has 27 heavy (non-hydrogen) atoms. The highest BCUT2D eigenvalue weighted by atomic mass is 16.5. The summed E-state index contributed by atoms with van der Waals surface area (Å²) in [6.07, 6.45) is 0. The highest BCUT2D eigenvalue weighted by Crippen LogP contribution is 2.13. The van der Waals surface area contributed by atoms with Crippen LogP contribution in [0.25, 0.3) is 0 Å². The summed E-state index contributed by atoms with van der Waals surface area (Å²) in [5, 5.41) is 8.56. The van der Waals surface area contributed by atoms with E-state index in [1.54, 1.807) is 20.9 Å². The summed E-state index contributed by atoms with van der Waals surface area (Å²) in [4.78, 5) is 47.4. The molecular formula is C18H20N4O5. The SMILES string of the molecule is Cc1nn(C)c(C)c1C(=O)C(=O)OCC(=O)NC(=O)NCc1ccccc1. The maximum atomic E-state index is 12.2. The predicted octanol–water partition coefficient (Wildman–Crippen LogP) is 0.789. The van der Waals surface area contributed by atoms with Crippen LogP contribution in [0.2, 0.25) is 0 Å². The molecule has 142 valence electrons. The molecule has 0 unspecified atom stereocenters. The molecule has 9 nitrogen and oxygen atoms in total. The maximum Gasteiger partial charge on any atom is 0.380 e. The third-order valence-electron chi connectivity index (χ3n) is 3.80. The molecule has 0 radical (unpaired) electrons. The zero-order valence-corrected chi connectivity index (χ0v) is 15.2. The number of aromatic nitrogens is 2. The zero-order chi connectivity index (χ0) is 20.0. The molecule has 3 amide bonds. The van der Waals surface area contributed by atoms with E-state index in [9.17, 15) is 19.2 Å². The third kappa shape index (κ3) is 5.24. The zero-order valence-electron chi connectivity index (χ0n) is 15.2. The molecule has 2 aromatic rings. The quantitative estimate of drug-likeness (QED) is 0.439. The number of hydrogen-bond acceptors (Lipinski definition) is 6. The Morgan fingerprint density at radius 1 is 1.11 bits per heavy atom. The molecule has 0 aliphatic carbocycles. The van der Waals surface area contributed by atoms with E-state index in [-0.39, 0.29) is 12.1 Å². The first-order chi connectivity index (χ1) is 12.8. The normalized spacial score (nSPS) is 10.2. The second kappa shape index (κ2) is 8.75. The van der Waals surface area contributed by atoms with Crippen molar-refractivity contribution in [2.45, 2.75) is 20.4 Å². The van der Waals surface area contributed by atoms with Crippen LogP contribution in [0.4, 0.5) is 4.79 Å². The number of ketones is 1. The van der Waals surface area contributed by atoms with Crippen molar-refractivity contribution in [3.05, 3.63) is 52.8 Å². The maximum absolute atomic E-state index is 12.2. The van der Waals surface area contributed by atoms with Gasteiger partial charge in [0.2, 0.25) is 0 Å². The summed E-state index contributed by atoms with van der Waals surface area (Å²) in [5.41, 5.74) is 1.91. The van der Waals surface area contributed by atoms with Gasteiger partial charge in [0.05, 0.1) is 11.3 Å². The van der Waals surface area contributed by atoms with Gasteiger partial charge in [0, 0.05) is 19.3 Å². The molecule has 0 aliphatic rings. The van der Waals surface area contributed by atoms with Crippen LogP contribution in [0.5, 0.6) is 0 Å². The summed E-state index contributed by atoms with van der Waals surface area (Å²) in [6.45, 7) is 2.72. The lowest BCUT2D eigenvalue weighted by Crippen LogP contribution is -2.41. The molecule has 0 saturated heterocycles. The first-order valence-corrected chi connectivity index (χ1v) is 8.13. The fourth-order valence-corrected chi connectivity index (χ4v) is 2.39. The predicted molar refractivity (Wildman–Crippen MR) is 94.8 cm³/mol. The van der Waals surface area contributed by atoms with Crippen molar-refractivity contribution < 1.29 is 23.9 Å². The lowest BCUT2D eigenvalue weighted by molar-refractivity contribution is -0.143. The summed E-state index contributed by atoms with van der Waals surface area (Å²) in [7, 11) is 1.64. The number of nitrogens with zero attached hydrogens (tertiary/aromatic N) is 2. The van der Waals surface area contributed by atoms with Crippen LogP contribution in [-0.4, -0.2) is 40.1 Å². The molecule has 0 fully saturated rings. The molecule has 0 saturated carbocycles. The summed E-state index contributed by atoms with van der Waals surface area (Å²) < 4.78 is 6.16. The van der Waals surface area contributed by atoms with Crippen molar-refractivity contribution in [3.63, 3.8) is 0 Å². The van der Waals surface area contributed by atoms with Gasteiger partial charge in [-0.2, -0.15) is 5.10 Å². The molecule has 0 atom stereocenters. The van der Waals surface area contributed by atoms with Crippen molar-refractivity contribution in [2.75, 3.05) is 6.61 Å². The van der Waals surface area contributed by atoms with Crippen molar-refractivity contribution in [1.82, 2.24) is 20.4 Å². The topological polar surface area (TPSA) is 119 Å². The first-order valence-electron chi connectivity index (χ1n) is 8.13. The fourth-order valence-electron chi connectivity index (χ4n) is 2.39. The van der Waals surface area contributed by atoms with Gasteiger partial charge in [-0.1, -0.05) is 30.3 Å². The second-order valence-electron chi connectivity index (χ2n) is 5.79. The Balaban J connectivity index is 1.79. The van der Waals surface area contributed by atoms with E-state index >= 15 is 0 Å². The Bertz CT molecular complexity index is 873. The number of benzene rings is 1. The summed E-state index contributed by atoms with van der Waals surface area (Å²) in [6, 6.07) is 8.39. The minimum absolute atomic E-state index is 0.142. The lowest BCUT2D eigenvalue weighted by Gasteiger charge is -2.07. The number of urea groups is 1. The number of hydrogen-bond donors (Lipinski definition) is 2. The first kappa shape index (κ1) is 19.8. The van der Waals surface area contributed by atoms with Gasteiger partial charge in [0.15, 0.2) is 6.61 Å². The van der Waals surface area contributed by atoms with Gasteiger partial charge in [-0.05, 0) is 19.4 Å². The fraction of sp³-hybridized carbons (Fsp3) is 0.278. The number of imide groups is 1. The van der Waals surface area contributed by atoms with E-state index in [0.717, 1.165) is 5.56 Å². The van der Waals surface area contributed by atoms with Gasteiger partial charge in [-0.25, -0.2) is 9.59 Å². The van der Waals surface area contributed by atoms with Gasteiger partial charge >= 0.3 is 12.0 Å². The van der Waals surface area contributed by atoms with Crippen LogP contribution in [-0.2, 0) is 27.9 Å². The Morgan fingerprint density at radius 2 is 1.78 bits per heavy atom. The van der Waals surface area contributed by atoms with Gasteiger partial charge in [0.25, 0.3) is 11.7 Å². The number of esters is 1. The third-order valence-corrected chi connectivity index (χ3v) is 3.80. The van der Waals surface area contributed by atoms with E-state index in [2.05, 4.69) is 15.2 Å². The minimum Gasteiger partial charge on any atom is -0.450 e. The number of amides is 3. The molecule has 0 aliphatic heterocycles. The molecule has 0 spiro atoms. The number of nitrogens with one attached hydrogen (secondary N) is 2. The molecule has 0 bridgehead atoms. The Hall–Kier alpha value is -3.49. The van der Waals surface area contributed by atoms with Crippen LogP contribution in [0.1, 0.15) is 27.3 Å². The second-order valence-corrected chi connectivity index (χ2v) is 5.79. The van der Waals surface area contributed by atoms with E-state index in [4.69, 9.17) is 0 Å². The molecule has 1 heterocycles. The standard InChI is InChI=1S/C18H20N4O5/c1-11-15(12(2)22(3)21-11)16(24)17(25)27-10-14(23)20-18(26)19-9-13-7-5-4-6-8-13/h4-8H,9-10H2,1-3H3,(H2,19,20,23,26). The average molecular weight is 372 g/mol. The smallest absolute Gasteiger partial charge is 0.380 e. The molecule has 1 aromatic heterocycles. The number of ether oxygens (including phenoxy) is 1. The van der Waals surface area contributed by atoms with E-state index in [1.165, 1.54) is 4.68 Å². The van der Waals surface area contributed by atoms with E-state index in [0.29, 0.717) is 11.4 Å². The van der Waals surface area contributed by atoms with Gasteiger partial charge in [0.1, 0.15) is 0 Å². The van der Waals surface area contributed by atoms with Gasteiger partial charge in [-0.15, -0.1) is 0 Å². The van der Waals surface area contributed by atoms with Crippen molar-refractivity contribution in [1.29, 1.82) is 0 Å². The van der Waals surface area contributed by atoms with Crippen LogP contribution in [0.15, 0.2) is 30.3 Å². The van der Waals surface area contributed by atoms with E-state index in [1.807, 2.05) is 35.6 Å². The van der Waals surface area contributed by atoms with Crippen LogP contribution in [0.3, 0.4) is 0 Å². The number of aryl methyl sites for hydroxylation is 2. The number of carbonyl (C=O) groups excluding carboxylic acids is 4. The molecular weight excluding hydrogens is 352 g/mol. The number of Topliss-reactive ketones (excluding diaryl/α,β-unsaturated/α-hetero) is 1. The highest BCUT2D eigenvalue weighted by Gasteiger charge is 2.26. The number of rotatable bonds is 6. The molecule has 9 heteroatoms. The Labute approximate surface area is 155 Å². The Morgan fingerprint density at radius 3 is 2.37 bits per heavy atom. The number of carbonyl (C=O) groups is 4.